The predicted molar refractivity (Wildman–Crippen MR) is 59.7 cm³/mol. The molecule has 0 bridgehead atoms. The Labute approximate surface area is 92.4 Å². The summed E-state index contributed by atoms with van der Waals surface area (Å²) in [5.74, 6) is 1.24. The maximum absolute atomic E-state index is 12.1. The number of ether oxygens (including phenoxy) is 1. The van der Waals surface area contributed by atoms with Gasteiger partial charge in [0.05, 0.1) is 0 Å². The summed E-state index contributed by atoms with van der Waals surface area (Å²) < 4.78 is 5.46. The fourth-order valence-corrected chi connectivity index (χ4v) is 2.90. The maximum atomic E-state index is 12.1. The van der Waals surface area contributed by atoms with Crippen LogP contribution in [0.15, 0.2) is 0 Å². The van der Waals surface area contributed by atoms with Gasteiger partial charge in [0.15, 0.2) is 5.78 Å². The molecule has 0 saturated heterocycles. The molecule has 1 unspecified atom stereocenters. The van der Waals surface area contributed by atoms with Crippen LogP contribution in [0.5, 0.6) is 0 Å². The van der Waals surface area contributed by atoms with E-state index >= 15 is 0 Å². The molecule has 15 heavy (non-hydrogen) atoms. The van der Waals surface area contributed by atoms with Gasteiger partial charge in [-0.3, -0.25) is 4.79 Å². The van der Waals surface area contributed by atoms with E-state index in [-0.39, 0.29) is 6.10 Å². The molecule has 2 rings (SSSR count). The third-order valence-corrected chi connectivity index (χ3v) is 4.12. The smallest absolute Gasteiger partial charge is 0.164 e. The summed E-state index contributed by atoms with van der Waals surface area (Å²) in [6, 6.07) is 0. The van der Waals surface area contributed by atoms with Crippen LogP contribution in [0.3, 0.4) is 0 Å². The molecule has 86 valence electrons. The van der Waals surface area contributed by atoms with E-state index in [1.54, 1.807) is 7.11 Å². The average Bonchev–Trinajstić information content (AvgIpc) is 2.18. The van der Waals surface area contributed by atoms with Crippen molar-refractivity contribution >= 4 is 5.78 Å². The number of carbonyl (C=O) groups is 1. The summed E-state index contributed by atoms with van der Waals surface area (Å²) in [5, 5.41) is 0. The largest absolute Gasteiger partial charge is 0.373 e. The average molecular weight is 210 g/mol. The molecule has 2 aliphatic carbocycles. The van der Waals surface area contributed by atoms with Gasteiger partial charge in [0, 0.05) is 13.0 Å². The Kier molecular flexibility index (Phi) is 3.79. The molecule has 0 heterocycles. The van der Waals surface area contributed by atoms with Gasteiger partial charge in [-0.1, -0.05) is 25.7 Å². The van der Waals surface area contributed by atoms with E-state index in [1.807, 2.05) is 0 Å². The zero-order chi connectivity index (χ0) is 10.7. The number of hydrogen-bond acceptors (Lipinski definition) is 2. The van der Waals surface area contributed by atoms with Crippen molar-refractivity contribution in [3.05, 3.63) is 0 Å². The standard InChI is InChI=1S/C13H22O2/c1-15-13(11-6-3-2-4-7-11)12(14)10-8-5-9-10/h10-11,13H,2-9H2,1H3. The van der Waals surface area contributed by atoms with Crippen LogP contribution in [-0.2, 0) is 9.53 Å². The SMILES string of the molecule is COC(C(=O)C1CCC1)C1CCCCC1. The minimum Gasteiger partial charge on any atom is -0.373 e. The van der Waals surface area contributed by atoms with E-state index in [0.717, 1.165) is 12.8 Å². The number of carbonyl (C=O) groups excluding carboxylic acids is 1. The first-order chi connectivity index (χ1) is 7.33. The van der Waals surface area contributed by atoms with Gasteiger partial charge in [-0.2, -0.15) is 0 Å². The van der Waals surface area contributed by atoms with Crippen LogP contribution in [0, 0.1) is 11.8 Å². The summed E-state index contributed by atoms with van der Waals surface area (Å²) in [4.78, 5) is 12.1. The predicted octanol–water partition coefficient (Wildman–Crippen LogP) is 2.95. The zero-order valence-corrected chi connectivity index (χ0v) is 9.71. The highest BCUT2D eigenvalue weighted by molar-refractivity contribution is 5.86. The van der Waals surface area contributed by atoms with Crippen LogP contribution in [0.25, 0.3) is 0 Å². The highest BCUT2D eigenvalue weighted by Gasteiger charge is 2.36. The molecule has 2 heteroatoms. The first-order valence-corrected chi connectivity index (χ1v) is 6.39. The van der Waals surface area contributed by atoms with Gasteiger partial charge in [0.25, 0.3) is 0 Å². The monoisotopic (exact) mass is 210 g/mol. The number of ketones is 1. The highest BCUT2D eigenvalue weighted by atomic mass is 16.5. The van der Waals surface area contributed by atoms with Crippen molar-refractivity contribution in [2.24, 2.45) is 11.8 Å². The Hall–Kier alpha value is -0.370. The molecule has 0 N–H and O–H groups in total. The Morgan fingerprint density at radius 2 is 1.73 bits per heavy atom. The Morgan fingerprint density at radius 1 is 1.07 bits per heavy atom. The molecule has 0 aromatic rings. The molecule has 0 spiro atoms. The van der Waals surface area contributed by atoms with Crippen LogP contribution >= 0.6 is 0 Å². The lowest BCUT2D eigenvalue weighted by atomic mass is 9.75. The quantitative estimate of drug-likeness (QED) is 0.713. The molecule has 0 aromatic carbocycles. The van der Waals surface area contributed by atoms with Crippen LogP contribution in [0.1, 0.15) is 51.4 Å². The summed E-state index contributed by atoms with van der Waals surface area (Å²) in [7, 11) is 1.70. The molecule has 2 nitrogen and oxygen atoms in total. The van der Waals surface area contributed by atoms with Crippen LogP contribution in [-0.4, -0.2) is 19.0 Å². The fourth-order valence-electron chi connectivity index (χ4n) is 2.90. The van der Waals surface area contributed by atoms with Crippen molar-refractivity contribution in [1.29, 1.82) is 0 Å². The minimum absolute atomic E-state index is 0.0874. The van der Waals surface area contributed by atoms with Gasteiger partial charge in [-0.05, 0) is 31.6 Å². The third-order valence-electron chi connectivity index (χ3n) is 4.12. The van der Waals surface area contributed by atoms with Gasteiger partial charge in [0.2, 0.25) is 0 Å². The fraction of sp³-hybridized carbons (Fsp3) is 0.923. The van der Waals surface area contributed by atoms with Crippen molar-refractivity contribution in [3.8, 4) is 0 Å². The Balaban J connectivity index is 1.92. The second-order valence-electron chi connectivity index (χ2n) is 5.08. The number of hydrogen-bond donors (Lipinski definition) is 0. The van der Waals surface area contributed by atoms with Gasteiger partial charge in [-0.25, -0.2) is 0 Å². The Morgan fingerprint density at radius 3 is 2.20 bits per heavy atom. The zero-order valence-electron chi connectivity index (χ0n) is 9.71. The van der Waals surface area contributed by atoms with Crippen molar-refractivity contribution in [2.75, 3.05) is 7.11 Å². The van der Waals surface area contributed by atoms with Crippen LogP contribution in [0.2, 0.25) is 0 Å². The first kappa shape index (κ1) is 11.1. The molecule has 2 aliphatic rings. The second-order valence-corrected chi connectivity index (χ2v) is 5.08. The molecule has 2 saturated carbocycles. The topological polar surface area (TPSA) is 26.3 Å². The summed E-state index contributed by atoms with van der Waals surface area (Å²) in [6.07, 6.45) is 9.63. The Bertz CT molecular complexity index is 215. The molecule has 0 radical (unpaired) electrons. The lowest BCUT2D eigenvalue weighted by molar-refractivity contribution is -0.139. The van der Waals surface area contributed by atoms with Gasteiger partial charge < -0.3 is 4.74 Å². The molecule has 0 amide bonds. The number of rotatable bonds is 4. The molecule has 2 fully saturated rings. The summed E-state index contributed by atoms with van der Waals surface area (Å²) >= 11 is 0. The summed E-state index contributed by atoms with van der Waals surface area (Å²) in [5.41, 5.74) is 0. The summed E-state index contributed by atoms with van der Waals surface area (Å²) in [6.45, 7) is 0. The van der Waals surface area contributed by atoms with Gasteiger partial charge in [-0.15, -0.1) is 0 Å². The highest BCUT2D eigenvalue weighted by Crippen LogP contribution is 2.34. The van der Waals surface area contributed by atoms with Crippen molar-refractivity contribution < 1.29 is 9.53 Å². The van der Waals surface area contributed by atoms with Crippen molar-refractivity contribution in [1.82, 2.24) is 0 Å². The lowest BCUT2D eigenvalue weighted by Gasteiger charge is -2.33. The van der Waals surface area contributed by atoms with E-state index in [9.17, 15) is 4.79 Å². The molecular weight excluding hydrogens is 188 g/mol. The molecule has 0 aromatic heterocycles. The third kappa shape index (κ3) is 2.41. The first-order valence-electron chi connectivity index (χ1n) is 6.39. The number of methoxy groups -OCH3 is 1. The van der Waals surface area contributed by atoms with Gasteiger partial charge >= 0.3 is 0 Å². The van der Waals surface area contributed by atoms with E-state index in [1.165, 1.54) is 38.5 Å². The van der Waals surface area contributed by atoms with E-state index in [0.29, 0.717) is 17.6 Å². The second kappa shape index (κ2) is 5.11. The van der Waals surface area contributed by atoms with Crippen LogP contribution < -0.4 is 0 Å². The molecular formula is C13H22O2. The molecule has 0 aliphatic heterocycles. The maximum Gasteiger partial charge on any atom is 0.164 e. The lowest BCUT2D eigenvalue weighted by Crippen LogP contribution is -2.39. The van der Waals surface area contributed by atoms with Crippen molar-refractivity contribution in [2.45, 2.75) is 57.5 Å². The van der Waals surface area contributed by atoms with Crippen LogP contribution in [0.4, 0.5) is 0 Å². The minimum atomic E-state index is -0.0874. The van der Waals surface area contributed by atoms with E-state index in [2.05, 4.69) is 0 Å². The van der Waals surface area contributed by atoms with Gasteiger partial charge in [0.1, 0.15) is 6.10 Å². The van der Waals surface area contributed by atoms with E-state index in [4.69, 9.17) is 4.74 Å². The normalized spacial score (nSPS) is 25.9. The van der Waals surface area contributed by atoms with E-state index < -0.39 is 0 Å². The molecule has 1 atom stereocenters. The van der Waals surface area contributed by atoms with Crippen molar-refractivity contribution in [3.63, 3.8) is 0 Å². The number of Topliss-reactive ketones (excluding diaryl/α,β-unsaturated/α-hetero) is 1.